The smallest absolute Gasteiger partial charge is 0.293 e. The number of nitrogens with zero attached hydrogens (tertiary/aromatic N) is 1. The second-order valence-corrected chi connectivity index (χ2v) is 5.41. The molecule has 1 aromatic carbocycles. The average Bonchev–Trinajstić information content (AvgIpc) is 2.84. The summed E-state index contributed by atoms with van der Waals surface area (Å²) in [6, 6.07) is 5.08. The molecule has 1 aliphatic rings. The van der Waals surface area contributed by atoms with Gasteiger partial charge in [-0.2, -0.15) is 0 Å². The monoisotopic (exact) mass is 313 g/mol. The Hall–Kier alpha value is -1.14. The van der Waals surface area contributed by atoms with Gasteiger partial charge in [-0.3, -0.25) is 10.1 Å². The van der Waals surface area contributed by atoms with E-state index in [9.17, 15) is 10.1 Å². The molecule has 0 amide bonds. The Morgan fingerprint density at radius 3 is 3.06 bits per heavy atom. The van der Waals surface area contributed by atoms with Gasteiger partial charge in [-0.05, 0) is 44.0 Å². The summed E-state index contributed by atoms with van der Waals surface area (Å²) in [5.74, 6) is 0.687. The average molecular weight is 314 g/mol. The summed E-state index contributed by atoms with van der Waals surface area (Å²) < 4.78 is 0.722. The van der Waals surface area contributed by atoms with E-state index in [1.165, 1.54) is 12.5 Å². The molecule has 1 saturated heterocycles. The number of rotatable bonds is 5. The van der Waals surface area contributed by atoms with Crippen LogP contribution in [-0.2, 0) is 0 Å². The normalized spacial score (nSPS) is 18.8. The van der Waals surface area contributed by atoms with Crippen molar-refractivity contribution in [1.82, 2.24) is 5.32 Å². The lowest BCUT2D eigenvalue weighted by Crippen LogP contribution is -2.13. The second-order valence-electron chi connectivity index (χ2n) is 4.49. The van der Waals surface area contributed by atoms with Crippen molar-refractivity contribution in [3.8, 4) is 0 Å². The first-order valence-electron chi connectivity index (χ1n) is 6.05. The summed E-state index contributed by atoms with van der Waals surface area (Å²) in [5, 5.41) is 17.4. The van der Waals surface area contributed by atoms with Gasteiger partial charge in [0.25, 0.3) is 5.69 Å². The zero-order chi connectivity index (χ0) is 13.0. The van der Waals surface area contributed by atoms with Crippen molar-refractivity contribution < 1.29 is 4.92 Å². The highest BCUT2D eigenvalue weighted by Crippen LogP contribution is 2.28. The topological polar surface area (TPSA) is 67.2 Å². The summed E-state index contributed by atoms with van der Waals surface area (Å²) in [7, 11) is 0. The number of hydrogen-bond acceptors (Lipinski definition) is 4. The van der Waals surface area contributed by atoms with Crippen LogP contribution in [0, 0.1) is 16.0 Å². The number of nitro groups is 1. The highest BCUT2D eigenvalue weighted by Gasteiger charge is 2.16. The Morgan fingerprint density at radius 1 is 1.56 bits per heavy atom. The van der Waals surface area contributed by atoms with Crippen molar-refractivity contribution in [3.63, 3.8) is 0 Å². The van der Waals surface area contributed by atoms with Crippen LogP contribution in [0.1, 0.15) is 12.8 Å². The van der Waals surface area contributed by atoms with Crippen LogP contribution in [0.3, 0.4) is 0 Å². The number of nitro benzene ring substituents is 1. The Labute approximate surface area is 114 Å². The Kier molecular flexibility index (Phi) is 4.54. The molecule has 2 N–H and O–H groups in total. The van der Waals surface area contributed by atoms with E-state index >= 15 is 0 Å². The fourth-order valence-electron chi connectivity index (χ4n) is 2.18. The van der Waals surface area contributed by atoms with Gasteiger partial charge < -0.3 is 10.6 Å². The van der Waals surface area contributed by atoms with Gasteiger partial charge in [0.2, 0.25) is 0 Å². The molecule has 1 heterocycles. The molecule has 5 nitrogen and oxygen atoms in total. The van der Waals surface area contributed by atoms with Gasteiger partial charge in [-0.1, -0.05) is 15.9 Å². The van der Waals surface area contributed by atoms with E-state index in [0.717, 1.165) is 30.5 Å². The predicted molar refractivity (Wildman–Crippen MR) is 74.9 cm³/mol. The molecule has 2 rings (SSSR count). The van der Waals surface area contributed by atoms with Gasteiger partial charge in [0.15, 0.2) is 0 Å². The first-order valence-corrected chi connectivity index (χ1v) is 6.84. The molecule has 98 valence electrons. The Morgan fingerprint density at radius 2 is 2.39 bits per heavy atom. The highest BCUT2D eigenvalue weighted by atomic mass is 79.9. The van der Waals surface area contributed by atoms with Crippen molar-refractivity contribution in [1.29, 1.82) is 0 Å². The number of halogens is 1. The first-order chi connectivity index (χ1) is 8.66. The third kappa shape index (κ3) is 3.43. The maximum absolute atomic E-state index is 10.9. The lowest BCUT2D eigenvalue weighted by Gasteiger charge is -2.10. The molecule has 0 bridgehead atoms. The lowest BCUT2D eigenvalue weighted by molar-refractivity contribution is -0.384. The number of anilines is 1. The zero-order valence-electron chi connectivity index (χ0n) is 9.99. The first kappa shape index (κ1) is 13.3. The Bertz CT molecular complexity index is 433. The van der Waals surface area contributed by atoms with Gasteiger partial charge in [-0.25, -0.2) is 0 Å². The summed E-state index contributed by atoms with van der Waals surface area (Å²) in [5.41, 5.74) is 0.711. The van der Waals surface area contributed by atoms with Gasteiger partial charge >= 0.3 is 0 Å². The van der Waals surface area contributed by atoms with Crippen LogP contribution in [0.5, 0.6) is 0 Å². The molecule has 0 aliphatic carbocycles. The van der Waals surface area contributed by atoms with Crippen LogP contribution in [0.15, 0.2) is 22.7 Å². The molecule has 1 aromatic rings. The third-order valence-electron chi connectivity index (χ3n) is 3.19. The molecule has 18 heavy (non-hydrogen) atoms. The van der Waals surface area contributed by atoms with Gasteiger partial charge in [0.05, 0.1) is 4.92 Å². The van der Waals surface area contributed by atoms with Crippen LogP contribution in [-0.4, -0.2) is 24.6 Å². The molecular formula is C12H16BrN3O2. The summed E-state index contributed by atoms with van der Waals surface area (Å²) in [4.78, 5) is 10.6. The standard InChI is InChI=1S/C12H16BrN3O2/c13-10-1-2-11(12(7-10)16(17)18)15-6-4-9-3-5-14-8-9/h1-2,7,9,14-15H,3-6,8H2. The van der Waals surface area contributed by atoms with Crippen molar-refractivity contribution in [3.05, 3.63) is 32.8 Å². The maximum atomic E-state index is 10.9. The van der Waals surface area contributed by atoms with Crippen LogP contribution in [0.25, 0.3) is 0 Å². The molecule has 0 aromatic heterocycles. The van der Waals surface area contributed by atoms with E-state index in [1.54, 1.807) is 6.07 Å². The summed E-state index contributed by atoms with van der Waals surface area (Å²) in [6.07, 6.45) is 2.24. The van der Waals surface area contributed by atoms with Crippen molar-refractivity contribution in [2.24, 2.45) is 5.92 Å². The molecule has 0 spiro atoms. The summed E-state index contributed by atoms with van der Waals surface area (Å²) >= 11 is 3.25. The van der Waals surface area contributed by atoms with Crippen molar-refractivity contribution in [2.75, 3.05) is 25.0 Å². The van der Waals surface area contributed by atoms with E-state index in [1.807, 2.05) is 6.07 Å². The minimum absolute atomic E-state index is 0.119. The molecule has 1 unspecified atom stereocenters. The number of benzene rings is 1. The molecule has 1 aliphatic heterocycles. The zero-order valence-corrected chi connectivity index (χ0v) is 11.6. The largest absolute Gasteiger partial charge is 0.379 e. The molecule has 0 saturated carbocycles. The fourth-order valence-corrected chi connectivity index (χ4v) is 2.53. The van der Waals surface area contributed by atoms with Gasteiger partial charge in [0, 0.05) is 17.1 Å². The lowest BCUT2D eigenvalue weighted by atomic mass is 10.1. The number of hydrogen-bond donors (Lipinski definition) is 2. The molecule has 6 heteroatoms. The van der Waals surface area contributed by atoms with Crippen LogP contribution in [0.2, 0.25) is 0 Å². The predicted octanol–water partition coefficient (Wildman–Crippen LogP) is 2.77. The maximum Gasteiger partial charge on any atom is 0.293 e. The minimum atomic E-state index is -0.357. The molecule has 1 fully saturated rings. The molecule has 1 atom stereocenters. The van der Waals surface area contributed by atoms with E-state index in [4.69, 9.17) is 0 Å². The third-order valence-corrected chi connectivity index (χ3v) is 3.68. The minimum Gasteiger partial charge on any atom is -0.379 e. The highest BCUT2D eigenvalue weighted by molar-refractivity contribution is 9.10. The summed E-state index contributed by atoms with van der Waals surface area (Å²) in [6.45, 7) is 2.92. The van der Waals surface area contributed by atoms with Crippen molar-refractivity contribution >= 4 is 27.3 Å². The molecular weight excluding hydrogens is 298 g/mol. The van der Waals surface area contributed by atoms with Crippen LogP contribution in [0.4, 0.5) is 11.4 Å². The van der Waals surface area contributed by atoms with E-state index in [-0.39, 0.29) is 10.6 Å². The number of nitrogens with one attached hydrogen (secondary N) is 2. The van der Waals surface area contributed by atoms with Crippen molar-refractivity contribution in [2.45, 2.75) is 12.8 Å². The van der Waals surface area contributed by atoms with E-state index in [2.05, 4.69) is 26.6 Å². The fraction of sp³-hybridized carbons (Fsp3) is 0.500. The van der Waals surface area contributed by atoms with E-state index < -0.39 is 0 Å². The van der Waals surface area contributed by atoms with Gasteiger partial charge in [-0.15, -0.1) is 0 Å². The second kappa shape index (κ2) is 6.15. The quantitative estimate of drug-likeness (QED) is 0.648. The SMILES string of the molecule is O=[N+]([O-])c1cc(Br)ccc1NCCC1CCNC1. The van der Waals surface area contributed by atoms with Crippen LogP contribution >= 0.6 is 15.9 Å². The Balaban J connectivity index is 1.93. The van der Waals surface area contributed by atoms with E-state index in [0.29, 0.717) is 11.6 Å². The van der Waals surface area contributed by atoms with Gasteiger partial charge in [0.1, 0.15) is 5.69 Å². The van der Waals surface area contributed by atoms with Crippen LogP contribution < -0.4 is 10.6 Å². The molecule has 0 radical (unpaired) electrons.